The van der Waals surface area contributed by atoms with Crippen molar-refractivity contribution in [3.05, 3.63) is 64.7 Å². The number of fused-ring (bicyclic) bond motifs is 1. The molecule has 2 aromatic carbocycles. The average Bonchev–Trinajstić information content (AvgIpc) is 2.83. The zero-order chi connectivity index (χ0) is 13.2. The predicted molar refractivity (Wildman–Crippen MR) is 78.1 cm³/mol. The normalized spacial score (nSPS) is 16.8. The van der Waals surface area contributed by atoms with Crippen LogP contribution in [-0.4, -0.2) is 12.3 Å². The molecule has 0 spiro atoms. The van der Waals surface area contributed by atoms with Crippen LogP contribution >= 0.6 is 11.6 Å². The van der Waals surface area contributed by atoms with E-state index in [4.69, 9.17) is 11.6 Å². The number of anilines is 1. The summed E-state index contributed by atoms with van der Waals surface area (Å²) in [5, 5.41) is 3.87. The average molecular weight is 272 g/mol. The van der Waals surface area contributed by atoms with Crippen LogP contribution in [0.4, 0.5) is 5.69 Å². The van der Waals surface area contributed by atoms with E-state index in [0.29, 0.717) is 17.0 Å². The van der Waals surface area contributed by atoms with E-state index in [1.807, 2.05) is 24.3 Å². The number of benzene rings is 2. The second-order valence-corrected chi connectivity index (χ2v) is 5.18. The van der Waals surface area contributed by atoms with E-state index in [2.05, 4.69) is 17.4 Å². The molecule has 96 valence electrons. The SMILES string of the molecule is O=C(CC1CNc2ccccc21)c1ccccc1Cl. The van der Waals surface area contributed by atoms with Crippen LogP contribution in [0.25, 0.3) is 0 Å². The number of rotatable bonds is 3. The van der Waals surface area contributed by atoms with Gasteiger partial charge in [0.15, 0.2) is 5.78 Å². The lowest BCUT2D eigenvalue weighted by Crippen LogP contribution is -2.09. The minimum atomic E-state index is 0.106. The first-order chi connectivity index (χ1) is 9.25. The number of Topliss-reactive ketones (excluding diaryl/α,β-unsaturated/α-hetero) is 1. The Morgan fingerprint density at radius 1 is 1.16 bits per heavy atom. The van der Waals surface area contributed by atoms with Crippen LogP contribution in [0.5, 0.6) is 0 Å². The van der Waals surface area contributed by atoms with Gasteiger partial charge in [-0.2, -0.15) is 0 Å². The fourth-order valence-corrected chi connectivity index (χ4v) is 2.80. The van der Waals surface area contributed by atoms with Gasteiger partial charge in [-0.05, 0) is 23.8 Å². The second kappa shape index (κ2) is 5.06. The molecular formula is C16H14ClNO. The molecule has 2 aromatic rings. The molecule has 3 heteroatoms. The lowest BCUT2D eigenvalue weighted by molar-refractivity contribution is 0.0976. The summed E-state index contributed by atoms with van der Waals surface area (Å²) < 4.78 is 0. The summed E-state index contributed by atoms with van der Waals surface area (Å²) in [6.07, 6.45) is 0.494. The molecule has 0 saturated heterocycles. The molecule has 19 heavy (non-hydrogen) atoms. The predicted octanol–water partition coefficient (Wildman–Crippen LogP) is 4.12. The maximum absolute atomic E-state index is 12.3. The summed E-state index contributed by atoms with van der Waals surface area (Å²) in [6.45, 7) is 0.815. The van der Waals surface area contributed by atoms with Gasteiger partial charge >= 0.3 is 0 Å². The third-order valence-electron chi connectivity index (χ3n) is 3.55. The number of nitrogens with one attached hydrogen (secondary N) is 1. The summed E-state index contributed by atoms with van der Waals surface area (Å²) in [4.78, 5) is 12.3. The van der Waals surface area contributed by atoms with Crippen LogP contribution in [0.1, 0.15) is 28.3 Å². The van der Waals surface area contributed by atoms with Crippen LogP contribution in [0.3, 0.4) is 0 Å². The fraction of sp³-hybridized carbons (Fsp3) is 0.188. The topological polar surface area (TPSA) is 29.1 Å². The first-order valence-corrected chi connectivity index (χ1v) is 6.74. The largest absolute Gasteiger partial charge is 0.384 e. The number of hydrogen-bond acceptors (Lipinski definition) is 2. The van der Waals surface area contributed by atoms with Gasteiger partial charge in [0.2, 0.25) is 0 Å². The van der Waals surface area contributed by atoms with Crippen LogP contribution in [0.2, 0.25) is 5.02 Å². The lowest BCUT2D eigenvalue weighted by atomic mass is 9.93. The van der Waals surface area contributed by atoms with Gasteiger partial charge in [0.25, 0.3) is 0 Å². The van der Waals surface area contributed by atoms with Crippen molar-refractivity contribution in [2.45, 2.75) is 12.3 Å². The van der Waals surface area contributed by atoms with Crippen molar-refractivity contribution in [2.75, 3.05) is 11.9 Å². The first-order valence-electron chi connectivity index (χ1n) is 6.36. The van der Waals surface area contributed by atoms with Gasteiger partial charge in [0, 0.05) is 30.1 Å². The zero-order valence-electron chi connectivity index (χ0n) is 10.4. The Hall–Kier alpha value is -1.80. The maximum atomic E-state index is 12.3. The number of halogens is 1. The van der Waals surface area contributed by atoms with E-state index in [1.54, 1.807) is 12.1 Å². The zero-order valence-corrected chi connectivity index (χ0v) is 11.2. The highest BCUT2D eigenvalue weighted by Crippen LogP contribution is 2.34. The van der Waals surface area contributed by atoms with Gasteiger partial charge in [0.05, 0.1) is 5.02 Å². The van der Waals surface area contributed by atoms with Crippen LogP contribution < -0.4 is 5.32 Å². The quantitative estimate of drug-likeness (QED) is 0.851. The van der Waals surface area contributed by atoms with Crippen molar-refractivity contribution >= 4 is 23.1 Å². The Morgan fingerprint density at radius 3 is 2.74 bits per heavy atom. The van der Waals surface area contributed by atoms with Crippen molar-refractivity contribution < 1.29 is 4.79 Å². The number of ketones is 1. The molecule has 1 heterocycles. The van der Waals surface area contributed by atoms with Crippen molar-refractivity contribution in [3.8, 4) is 0 Å². The summed E-state index contributed by atoms with van der Waals surface area (Å²) in [7, 11) is 0. The number of carbonyl (C=O) groups excluding carboxylic acids is 1. The Labute approximate surface area is 117 Å². The molecule has 0 aliphatic carbocycles. The highest BCUT2D eigenvalue weighted by Gasteiger charge is 2.24. The molecule has 1 aliphatic rings. The van der Waals surface area contributed by atoms with Gasteiger partial charge < -0.3 is 5.32 Å². The minimum absolute atomic E-state index is 0.106. The van der Waals surface area contributed by atoms with E-state index in [-0.39, 0.29) is 11.7 Å². The monoisotopic (exact) mass is 271 g/mol. The Kier molecular flexibility index (Phi) is 3.26. The molecule has 1 N–H and O–H groups in total. The van der Waals surface area contributed by atoms with Crippen molar-refractivity contribution in [2.24, 2.45) is 0 Å². The summed E-state index contributed by atoms with van der Waals surface area (Å²) in [5.41, 5.74) is 2.98. The van der Waals surface area contributed by atoms with E-state index in [9.17, 15) is 4.79 Å². The van der Waals surface area contributed by atoms with Gasteiger partial charge in [0.1, 0.15) is 0 Å². The molecule has 0 amide bonds. The van der Waals surface area contributed by atoms with Gasteiger partial charge in [-0.3, -0.25) is 4.79 Å². The molecule has 2 nitrogen and oxygen atoms in total. The van der Waals surface area contributed by atoms with E-state index >= 15 is 0 Å². The van der Waals surface area contributed by atoms with Crippen LogP contribution in [0.15, 0.2) is 48.5 Å². The Balaban J connectivity index is 1.81. The van der Waals surface area contributed by atoms with Gasteiger partial charge in [-0.1, -0.05) is 41.9 Å². The van der Waals surface area contributed by atoms with Crippen molar-refractivity contribution in [1.82, 2.24) is 0 Å². The molecule has 0 aromatic heterocycles. The molecular weight excluding hydrogens is 258 g/mol. The fourth-order valence-electron chi connectivity index (χ4n) is 2.56. The maximum Gasteiger partial charge on any atom is 0.165 e. The Bertz CT molecular complexity index is 624. The number of hydrogen-bond donors (Lipinski definition) is 1. The molecule has 0 radical (unpaired) electrons. The van der Waals surface area contributed by atoms with Crippen LogP contribution in [0, 0.1) is 0 Å². The third kappa shape index (κ3) is 2.36. The number of carbonyl (C=O) groups is 1. The molecule has 1 unspecified atom stereocenters. The Morgan fingerprint density at radius 2 is 1.89 bits per heavy atom. The van der Waals surface area contributed by atoms with Crippen molar-refractivity contribution in [1.29, 1.82) is 0 Å². The molecule has 0 bridgehead atoms. The smallest absolute Gasteiger partial charge is 0.165 e. The van der Waals surface area contributed by atoms with E-state index in [0.717, 1.165) is 12.2 Å². The summed E-state index contributed by atoms with van der Waals surface area (Å²) in [5.74, 6) is 0.342. The highest BCUT2D eigenvalue weighted by molar-refractivity contribution is 6.33. The van der Waals surface area contributed by atoms with Crippen LogP contribution in [-0.2, 0) is 0 Å². The molecule has 1 aliphatic heterocycles. The molecule has 3 rings (SSSR count). The third-order valence-corrected chi connectivity index (χ3v) is 3.88. The molecule has 0 saturated carbocycles. The molecule has 1 atom stereocenters. The van der Waals surface area contributed by atoms with Gasteiger partial charge in [-0.15, -0.1) is 0 Å². The standard InChI is InChI=1S/C16H14ClNO/c17-14-7-3-1-6-13(14)16(19)9-11-10-18-15-8-4-2-5-12(11)15/h1-8,11,18H,9-10H2. The summed E-state index contributed by atoms with van der Waals surface area (Å²) in [6, 6.07) is 15.4. The minimum Gasteiger partial charge on any atom is -0.384 e. The summed E-state index contributed by atoms with van der Waals surface area (Å²) >= 11 is 6.07. The molecule has 0 fully saturated rings. The number of para-hydroxylation sites is 1. The first kappa shape index (κ1) is 12.2. The lowest BCUT2D eigenvalue weighted by Gasteiger charge is -2.10. The van der Waals surface area contributed by atoms with E-state index < -0.39 is 0 Å². The van der Waals surface area contributed by atoms with Gasteiger partial charge in [-0.25, -0.2) is 0 Å². The highest BCUT2D eigenvalue weighted by atomic mass is 35.5. The van der Waals surface area contributed by atoms with Crippen molar-refractivity contribution in [3.63, 3.8) is 0 Å². The van der Waals surface area contributed by atoms with E-state index in [1.165, 1.54) is 5.56 Å². The second-order valence-electron chi connectivity index (χ2n) is 4.77.